The van der Waals surface area contributed by atoms with Gasteiger partial charge in [-0.05, 0) is 25.4 Å². The van der Waals surface area contributed by atoms with E-state index in [9.17, 15) is 22.8 Å². The number of hydrogen-bond acceptors (Lipinski definition) is 6. The fraction of sp³-hybridized carbons (Fsp3) is 0.727. The van der Waals surface area contributed by atoms with E-state index in [-0.39, 0.29) is 18.8 Å². The molecule has 1 fully saturated rings. The van der Waals surface area contributed by atoms with Gasteiger partial charge in [0, 0.05) is 0 Å². The van der Waals surface area contributed by atoms with Crippen LogP contribution in [0.4, 0.5) is 0 Å². The third-order valence-corrected chi connectivity index (χ3v) is 4.92. The molecule has 2 N–H and O–H groups in total. The number of amides is 3. The maximum absolute atomic E-state index is 12.3. The minimum Gasteiger partial charge on any atom is -0.323 e. The van der Waals surface area contributed by atoms with Crippen molar-refractivity contribution in [1.29, 1.82) is 0 Å². The van der Waals surface area contributed by atoms with Crippen LogP contribution in [0.1, 0.15) is 13.3 Å². The molecule has 120 valence electrons. The van der Waals surface area contributed by atoms with Gasteiger partial charge in [-0.15, -0.1) is 0 Å². The van der Waals surface area contributed by atoms with Crippen LogP contribution in [0.3, 0.4) is 0 Å². The molecule has 1 aliphatic rings. The summed E-state index contributed by atoms with van der Waals surface area (Å²) in [5.74, 6) is -1.25. The number of carbonyl (C=O) groups is 3. The number of thioether (sulfide) groups is 1. The van der Waals surface area contributed by atoms with E-state index in [0.29, 0.717) is 12.2 Å². The molecule has 0 spiro atoms. The lowest BCUT2D eigenvalue weighted by atomic mass is 10.2. The summed E-state index contributed by atoms with van der Waals surface area (Å²) >= 11 is 1.48. The summed E-state index contributed by atoms with van der Waals surface area (Å²) < 4.78 is 25.6. The third-order valence-electron chi connectivity index (χ3n) is 2.87. The van der Waals surface area contributed by atoms with Gasteiger partial charge in [0.1, 0.15) is 19.1 Å². The van der Waals surface area contributed by atoms with Gasteiger partial charge in [0.2, 0.25) is 27.7 Å². The van der Waals surface area contributed by atoms with Gasteiger partial charge >= 0.3 is 0 Å². The van der Waals surface area contributed by atoms with E-state index in [1.165, 1.54) is 18.7 Å². The van der Waals surface area contributed by atoms with Gasteiger partial charge in [-0.3, -0.25) is 19.7 Å². The first-order valence-electron chi connectivity index (χ1n) is 6.39. The smallest absolute Gasteiger partial charge is 0.246 e. The van der Waals surface area contributed by atoms with E-state index < -0.39 is 33.8 Å². The van der Waals surface area contributed by atoms with Crippen molar-refractivity contribution < 1.29 is 22.8 Å². The molecule has 1 aliphatic heterocycles. The van der Waals surface area contributed by atoms with Gasteiger partial charge in [0.15, 0.2) is 0 Å². The van der Waals surface area contributed by atoms with Crippen LogP contribution in [0.5, 0.6) is 0 Å². The second-order valence-electron chi connectivity index (χ2n) is 4.52. The molecule has 1 saturated heterocycles. The first-order valence-corrected chi connectivity index (χ1v) is 9.44. The van der Waals surface area contributed by atoms with E-state index in [0.717, 1.165) is 4.90 Å². The van der Waals surface area contributed by atoms with Gasteiger partial charge in [0.25, 0.3) is 0 Å². The Labute approximate surface area is 128 Å². The summed E-state index contributed by atoms with van der Waals surface area (Å²) in [6.07, 6.45) is 2.14. The lowest BCUT2D eigenvalue weighted by Crippen LogP contribution is -2.58. The fourth-order valence-corrected chi connectivity index (χ4v) is 3.07. The predicted octanol–water partition coefficient (Wildman–Crippen LogP) is -1.47. The molecule has 0 aliphatic carbocycles. The summed E-state index contributed by atoms with van der Waals surface area (Å²) in [5.41, 5.74) is 0. The monoisotopic (exact) mass is 337 g/mol. The predicted molar refractivity (Wildman–Crippen MR) is 79.1 cm³/mol. The van der Waals surface area contributed by atoms with Crippen LogP contribution >= 0.6 is 11.8 Å². The molecule has 1 unspecified atom stereocenters. The molecule has 0 bridgehead atoms. The molecule has 0 saturated carbocycles. The summed E-state index contributed by atoms with van der Waals surface area (Å²) in [5, 5.41) is 2.09. The Morgan fingerprint density at radius 3 is 2.43 bits per heavy atom. The minimum absolute atomic E-state index is 0.143. The molecular formula is C11H19N3O5S2. The molecule has 8 nitrogen and oxygen atoms in total. The Hall–Kier alpha value is -1.13. The zero-order valence-corrected chi connectivity index (χ0v) is 13.6. The van der Waals surface area contributed by atoms with Crippen LogP contribution < -0.4 is 10.0 Å². The molecule has 1 rings (SSSR count). The molecule has 0 aromatic heterocycles. The van der Waals surface area contributed by atoms with E-state index >= 15 is 0 Å². The number of piperazine rings is 1. The molecule has 1 heterocycles. The molecule has 3 amide bonds. The van der Waals surface area contributed by atoms with Gasteiger partial charge in [-0.1, -0.05) is 0 Å². The van der Waals surface area contributed by atoms with E-state index in [4.69, 9.17) is 0 Å². The number of carbonyl (C=O) groups excluding carboxylic acids is 3. The highest BCUT2D eigenvalue weighted by atomic mass is 32.2. The highest BCUT2D eigenvalue weighted by Gasteiger charge is 2.32. The van der Waals surface area contributed by atoms with Gasteiger partial charge in [0.05, 0.1) is 5.75 Å². The summed E-state index contributed by atoms with van der Waals surface area (Å²) in [7, 11) is -3.55. The van der Waals surface area contributed by atoms with E-state index in [2.05, 4.69) is 10.0 Å². The van der Waals surface area contributed by atoms with Crippen LogP contribution in [0.2, 0.25) is 0 Å². The average Bonchev–Trinajstić information content (AvgIpc) is 2.41. The summed E-state index contributed by atoms with van der Waals surface area (Å²) in [6, 6.07) is -0.957. The normalized spacial score (nSPS) is 17.5. The summed E-state index contributed by atoms with van der Waals surface area (Å²) in [4.78, 5) is 36.0. The van der Waals surface area contributed by atoms with E-state index in [1.54, 1.807) is 0 Å². The minimum atomic E-state index is -3.55. The number of sulfonamides is 1. The number of nitrogens with one attached hydrogen (secondary N) is 2. The molecule has 0 radical (unpaired) electrons. The van der Waals surface area contributed by atoms with Crippen molar-refractivity contribution in [1.82, 2.24) is 14.9 Å². The Morgan fingerprint density at radius 2 is 1.95 bits per heavy atom. The SMILES string of the molecule is CCS(=O)(=O)NC(CCSC)C(=O)N1CC(=O)NC(=O)C1. The van der Waals surface area contributed by atoms with E-state index in [1.807, 2.05) is 6.26 Å². The number of rotatable bonds is 7. The number of nitrogens with zero attached hydrogens (tertiary/aromatic N) is 1. The van der Waals surface area contributed by atoms with Crippen LogP contribution in [0, 0.1) is 0 Å². The number of hydrogen-bond donors (Lipinski definition) is 2. The van der Waals surface area contributed by atoms with Crippen molar-refractivity contribution in [2.75, 3.05) is 30.9 Å². The maximum Gasteiger partial charge on any atom is 0.246 e. The zero-order valence-electron chi connectivity index (χ0n) is 11.9. The highest BCUT2D eigenvalue weighted by molar-refractivity contribution is 7.98. The lowest BCUT2D eigenvalue weighted by molar-refractivity contribution is -0.146. The quantitative estimate of drug-likeness (QED) is 0.549. The van der Waals surface area contributed by atoms with Crippen LogP contribution in [-0.2, 0) is 24.4 Å². The largest absolute Gasteiger partial charge is 0.323 e. The van der Waals surface area contributed by atoms with Crippen LogP contribution in [0.15, 0.2) is 0 Å². The van der Waals surface area contributed by atoms with Crippen LogP contribution in [-0.4, -0.2) is 67.9 Å². The second kappa shape index (κ2) is 7.76. The van der Waals surface area contributed by atoms with Crippen LogP contribution in [0.25, 0.3) is 0 Å². The highest BCUT2D eigenvalue weighted by Crippen LogP contribution is 2.08. The first kappa shape index (κ1) is 17.9. The van der Waals surface area contributed by atoms with Crippen molar-refractivity contribution in [3.05, 3.63) is 0 Å². The first-order chi connectivity index (χ1) is 9.79. The Morgan fingerprint density at radius 1 is 1.38 bits per heavy atom. The summed E-state index contributed by atoms with van der Waals surface area (Å²) in [6.45, 7) is 0.985. The van der Waals surface area contributed by atoms with Crippen molar-refractivity contribution >= 4 is 39.5 Å². The fourth-order valence-electron chi connectivity index (χ4n) is 1.78. The second-order valence-corrected chi connectivity index (χ2v) is 7.55. The average molecular weight is 337 g/mol. The van der Waals surface area contributed by atoms with Gasteiger partial charge in [-0.2, -0.15) is 11.8 Å². The Balaban J connectivity index is 2.83. The molecule has 1 atom stereocenters. The van der Waals surface area contributed by atoms with Gasteiger partial charge < -0.3 is 4.90 Å². The van der Waals surface area contributed by atoms with Gasteiger partial charge in [-0.25, -0.2) is 13.1 Å². The zero-order chi connectivity index (χ0) is 16.0. The molecule has 10 heteroatoms. The Kier molecular flexibility index (Phi) is 6.62. The molecular weight excluding hydrogens is 318 g/mol. The topological polar surface area (TPSA) is 113 Å². The third kappa shape index (κ3) is 5.64. The van der Waals surface area contributed by atoms with Crippen molar-refractivity contribution in [2.24, 2.45) is 0 Å². The maximum atomic E-state index is 12.3. The molecule has 21 heavy (non-hydrogen) atoms. The van der Waals surface area contributed by atoms with Crippen molar-refractivity contribution in [3.8, 4) is 0 Å². The molecule has 0 aromatic carbocycles. The standard InChI is InChI=1S/C11H19N3O5S2/c1-3-21(18,19)13-8(4-5-20-2)11(17)14-6-9(15)12-10(16)7-14/h8,13H,3-7H2,1-2H3,(H,12,15,16). The Bertz CT molecular complexity index is 504. The lowest BCUT2D eigenvalue weighted by Gasteiger charge is -2.29. The van der Waals surface area contributed by atoms with Crippen molar-refractivity contribution in [3.63, 3.8) is 0 Å². The molecule has 0 aromatic rings. The van der Waals surface area contributed by atoms with Crippen molar-refractivity contribution in [2.45, 2.75) is 19.4 Å². The number of imide groups is 1.